The van der Waals surface area contributed by atoms with Gasteiger partial charge in [0.05, 0.1) is 13.1 Å². The lowest BCUT2D eigenvalue weighted by molar-refractivity contribution is -0.153. The quantitative estimate of drug-likeness (QED) is 0.845. The molecule has 0 saturated heterocycles. The zero-order chi connectivity index (χ0) is 13.6. The fraction of sp³-hybridized carbons (Fsp3) is 0.455. The van der Waals surface area contributed by atoms with E-state index < -0.39 is 25.2 Å². The van der Waals surface area contributed by atoms with E-state index in [1.54, 1.807) is 24.4 Å². The first kappa shape index (κ1) is 14.4. The Labute approximate surface area is 102 Å². The van der Waals surface area contributed by atoms with Gasteiger partial charge in [-0.15, -0.1) is 0 Å². The topological polar surface area (TPSA) is 53.4 Å². The number of carbonyl (C=O) groups is 1. The number of nitrogens with zero attached hydrogens (tertiary/aromatic N) is 2. The molecule has 0 aliphatic rings. The lowest BCUT2D eigenvalue weighted by Gasteiger charge is -2.21. The zero-order valence-corrected chi connectivity index (χ0v) is 9.52. The molecular weight excluding hydrogens is 249 g/mol. The lowest BCUT2D eigenvalue weighted by atomic mass is 10.2. The van der Waals surface area contributed by atoms with Gasteiger partial charge >= 0.3 is 12.1 Å². The number of rotatable bonds is 6. The summed E-state index contributed by atoms with van der Waals surface area (Å²) in [7, 11) is 0. The fourth-order valence-corrected chi connectivity index (χ4v) is 1.48. The molecule has 0 atom stereocenters. The highest BCUT2D eigenvalue weighted by Crippen LogP contribution is 2.16. The van der Waals surface area contributed by atoms with Crippen molar-refractivity contribution in [2.24, 2.45) is 0 Å². The number of carboxylic acid groups (broad SMARTS) is 1. The van der Waals surface area contributed by atoms with E-state index in [9.17, 15) is 18.0 Å². The van der Waals surface area contributed by atoms with Crippen molar-refractivity contribution in [2.45, 2.75) is 12.6 Å². The van der Waals surface area contributed by atoms with Crippen LogP contribution in [0.4, 0.5) is 13.2 Å². The summed E-state index contributed by atoms with van der Waals surface area (Å²) in [5.74, 6) is -1.28. The van der Waals surface area contributed by atoms with Crippen LogP contribution in [0.1, 0.15) is 5.69 Å². The van der Waals surface area contributed by atoms with E-state index in [1.165, 1.54) is 0 Å². The molecule has 1 aromatic rings. The van der Waals surface area contributed by atoms with Crippen LogP contribution < -0.4 is 0 Å². The van der Waals surface area contributed by atoms with Gasteiger partial charge in [-0.3, -0.25) is 14.7 Å². The Morgan fingerprint density at radius 2 is 2.11 bits per heavy atom. The number of halogens is 3. The number of aliphatic carboxylic acids is 1. The maximum absolute atomic E-state index is 12.2. The molecule has 0 aromatic carbocycles. The molecule has 4 nitrogen and oxygen atoms in total. The van der Waals surface area contributed by atoms with Gasteiger partial charge in [0.1, 0.15) is 0 Å². The summed E-state index contributed by atoms with van der Waals surface area (Å²) in [5.41, 5.74) is 0.634. The summed E-state index contributed by atoms with van der Waals surface area (Å²) in [6.45, 7) is -1.86. The van der Waals surface area contributed by atoms with Gasteiger partial charge in [-0.2, -0.15) is 13.2 Å². The average molecular weight is 262 g/mol. The van der Waals surface area contributed by atoms with E-state index in [-0.39, 0.29) is 13.0 Å². The molecule has 1 heterocycles. The van der Waals surface area contributed by atoms with Gasteiger partial charge in [-0.1, -0.05) is 6.07 Å². The summed E-state index contributed by atoms with van der Waals surface area (Å²) >= 11 is 0. The van der Waals surface area contributed by atoms with E-state index in [0.29, 0.717) is 5.69 Å². The number of pyridine rings is 1. The first-order chi connectivity index (χ1) is 8.37. The number of carboxylic acids is 1. The van der Waals surface area contributed by atoms with Gasteiger partial charge in [0, 0.05) is 24.9 Å². The van der Waals surface area contributed by atoms with Crippen LogP contribution in [0.25, 0.3) is 0 Å². The summed E-state index contributed by atoms with van der Waals surface area (Å²) in [6, 6.07) is 5.12. The van der Waals surface area contributed by atoms with Gasteiger partial charge < -0.3 is 5.11 Å². The molecule has 1 N–H and O–H groups in total. The third kappa shape index (κ3) is 6.19. The van der Waals surface area contributed by atoms with Crippen molar-refractivity contribution in [3.63, 3.8) is 0 Å². The van der Waals surface area contributed by atoms with Gasteiger partial charge in [0.2, 0.25) is 0 Å². The highest BCUT2D eigenvalue weighted by atomic mass is 19.4. The maximum Gasteiger partial charge on any atom is 0.401 e. The normalized spacial score (nSPS) is 11.8. The first-order valence-electron chi connectivity index (χ1n) is 5.27. The molecule has 0 spiro atoms. The molecule has 0 aliphatic carbocycles. The van der Waals surface area contributed by atoms with Crippen molar-refractivity contribution in [2.75, 3.05) is 19.6 Å². The Morgan fingerprint density at radius 3 is 2.61 bits per heavy atom. The Balaban J connectivity index is 2.53. The van der Waals surface area contributed by atoms with E-state index in [2.05, 4.69) is 4.98 Å². The molecule has 100 valence electrons. The molecule has 0 aliphatic heterocycles. The van der Waals surface area contributed by atoms with Crippen molar-refractivity contribution in [1.82, 2.24) is 9.88 Å². The van der Waals surface area contributed by atoms with Crippen molar-refractivity contribution in [3.05, 3.63) is 30.1 Å². The van der Waals surface area contributed by atoms with Gasteiger partial charge in [-0.25, -0.2) is 0 Å². The smallest absolute Gasteiger partial charge is 0.401 e. The average Bonchev–Trinajstić information content (AvgIpc) is 2.24. The standard InChI is InChI=1S/C11H13F3N2O2/c12-11(13,14)8-16(7-10(17)18)6-4-9-3-1-2-5-15-9/h1-3,5H,4,6-8H2,(H,17,18). The molecule has 0 amide bonds. The minimum Gasteiger partial charge on any atom is -0.480 e. The summed E-state index contributed by atoms with van der Waals surface area (Å²) in [5, 5.41) is 8.55. The monoisotopic (exact) mass is 262 g/mol. The predicted octanol–water partition coefficient (Wildman–Crippen LogP) is 1.57. The van der Waals surface area contributed by atoms with Gasteiger partial charge in [0.25, 0.3) is 0 Å². The molecule has 1 aromatic heterocycles. The second-order valence-corrected chi connectivity index (χ2v) is 3.79. The summed E-state index contributed by atoms with van der Waals surface area (Å²) in [4.78, 5) is 15.3. The second kappa shape index (κ2) is 6.34. The van der Waals surface area contributed by atoms with Crippen LogP contribution >= 0.6 is 0 Å². The lowest BCUT2D eigenvalue weighted by Crippen LogP contribution is -2.39. The van der Waals surface area contributed by atoms with Gasteiger partial charge in [0.15, 0.2) is 0 Å². The Hall–Kier alpha value is -1.63. The second-order valence-electron chi connectivity index (χ2n) is 3.79. The first-order valence-corrected chi connectivity index (χ1v) is 5.27. The van der Waals surface area contributed by atoms with E-state index in [0.717, 1.165) is 4.90 Å². The third-order valence-electron chi connectivity index (χ3n) is 2.17. The molecule has 7 heteroatoms. The molecule has 18 heavy (non-hydrogen) atoms. The van der Waals surface area contributed by atoms with Gasteiger partial charge in [-0.05, 0) is 12.1 Å². The van der Waals surface area contributed by atoms with Crippen LogP contribution in [0.3, 0.4) is 0 Å². The van der Waals surface area contributed by atoms with Crippen LogP contribution in [0, 0.1) is 0 Å². The zero-order valence-electron chi connectivity index (χ0n) is 9.52. The molecule has 0 saturated carbocycles. The number of hydrogen-bond donors (Lipinski definition) is 1. The maximum atomic E-state index is 12.2. The molecule has 0 bridgehead atoms. The highest BCUT2D eigenvalue weighted by Gasteiger charge is 2.31. The molecule has 0 radical (unpaired) electrons. The highest BCUT2D eigenvalue weighted by molar-refractivity contribution is 5.69. The Morgan fingerprint density at radius 1 is 1.39 bits per heavy atom. The van der Waals surface area contributed by atoms with Crippen molar-refractivity contribution < 1.29 is 23.1 Å². The van der Waals surface area contributed by atoms with Crippen molar-refractivity contribution >= 4 is 5.97 Å². The Bertz CT molecular complexity index is 382. The van der Waals surface area contributed by atoms with Crippen LogP contribution in [-0.4, -0.2) is 46.8 Å². The molecule has 1 rings (SSSR count). The Kier molecular flexibility index (Phi) is 5.08. The van der Waals surface area contributed by atoms with E-state index in [4.69, 9.17) is 5.11 Å². The number of alkyl halides is 3. The summed E-state index contributed by atoms with van der Waals surface area (Å²) in [6.07, 6.45) is -2.58. The predicted molar refractivity (Wildman–Crippen MR) is 58.1 cm³/mol. The number of hydrogen-bond acceptors (Lipinski definition) is 3. The summed E-state index contributed by atoms with van der Waals surface area (Å²) < 4.78 is 36.7. The van der Waals surface area contributed by atoms with Crippen LogP contribution in [0.5, 0.6) is 0 Å². The van der Waals surface area contributed by atoms with Crippen LogP contribution in [0.2, 0.25) is 0 Å². The van der Waals surface area contributed by atoms with E-state index in [1.807, 2.05) is 0 Å². The minimum absolute atomic E-state index is 0.00280. The van der Waals surface area contributed by atoms with E-state index >= 15 is 0 Å². The number of aromatic nitrogens is 1. The minimum atomic E-state index is -4.40. The van der Waals surface area contributed by atoms with Crippen molar-refractivity contribution in [3.8, 4) is 0 Å². The SMILES string of the molecule is O=C(O)CN(CCc1ccccn1)CC(F)(F)F. The van der Waals surface area contributed by atoms with Crippen molar-refractivity contribution in [1.29, 1.82) is 0 Å². The largest absolute Gasteiger partial charge is 0.480 e. The third-order valence-corrected chi connectivity index (χ3v) is 2.17. The fourth-order valence-electron chi connectivity index (χ4n) is 1.48. The van der Waals surface area contributed by atoms with Crippen LogP contribution in [-0.2, 0) is 11.2 Å². The van der Waals surface area contributed by atoms with Crippen LogP contribution in [0.15, 0.2) is 24.4 Å². The molecule has 0 unspecified atom stereocenters. The molecule has 0 fully saturated rings. The molecular formula is C11H13F3N2O2.